The number of aliphatic hydroxyl groups excluding tert-OH is 1. The minimum absolute atomic E-state index is 0.150. The molecule has 2 aromatic heterocycles. The first-order valence-electron chi connectivity index (χ1n) is 5.21. The highest BCUT2D eigenvalue weighted by atomic mass is 32.1. The van der Waals surface area contributed by atoms with Gasteiger partial charge in [0, 0.05) is 29.7 Å². The van der Waals surface area contributed by atoms with E-state index in [1.165, 1.54) is 0 Å². The van der Waals surface area contributed by atoms with Crippen LogP contribution in [-0.2, 0) is 6.42 Å². The van der Waals surface area contributed by atoms with E-state index < -0.39 is 0 Å². The Balaban J connectivity index is 2.21. The molecular weight excluding hydrogens is 240 g/mol. The summed E-state index contributed by atoms with van der Waals surface area (Å²) in [7, 11) is 0. The fourth-order valence-electron chi connectivity index (χ4n) is 1.31. The van der Waals surface area contributed by atoms with Crippen LogP contribution in [0.15, 0.2) is 10.8 Å². The number of hydrogen-bond donors (Lipinski definition) is 1. The van der Waals surface area contributed by atoms with Crippen molar-refractivity contribution >= 4 is 22.7 Å². The monoisotopic (exact) mass is 254 g/mol. The van der Waals surface area contributed by atoms with Crippen LogP contribution in [0, 0.1) is 0 Å². The Morgan fingerprint density at radius 2 is 2.06 bits per heavy atom. The summed E-state index contributed by atoms with van der Waals surface area (Å²) in [6.45, 7) is 4.43. The van der Waals surface area contributed by atoms with Crippen LogP contribution in [0.2, 0.25) is 0 Å². The van der Waals surface area contributed by atoms with Gasteiger partial charge in [0.2, 0.25) is 0 Å². The van der Waals surface area contributed by atoms with Crippen LogP contribution in [0.3, 0.4) is 0 Å². The summed E-state index contributed by atoms with van der Waals surface area (Å²) in [5, 5.41) is 15.0. The lowest BCUT2D eigenvalue weighted by molar-refractivity contribution is 0.298. The third-order valence-corrected chi connectivity index (χ3v) is 4.21. The molecule has 0 aliphatic heterocycles. The van der Waals surface area contributed by atoms with E-state index in [9.17, 15) is 0 Å². The molecule has 0 fully saturated rings. The van der Waals surface area contributed by atoms with E-state index in [0.717, 1.165) is 21.4 Å². The highest BCUT2D eigenvalue weighted by Crippen LogP contribution is 2.28. The van der Waals surface area contributed by atoms with Crippen molar-refractivity contribution in [2.45, 2.75) is 26.2 Å². The maximum absolute atomic E-state index is 8.83. The van der Waals surface area contributed by atoms with Crippen molar-refractivity contribution in [1.82, 2.24) is 9.97 Å². The van der Waals surface area contributed by atoms with Gasteiger partial charge in [0.25, 0.3) is 0 Å². The Morgan fingerprint density at radius 3 is 2.69 bits per heavy atom. The molecular formula is C11H14N2OS2. The van der Waals surface area contributed by atoms with Gasteiger partial charge in [-0.25, -0.2) is 9.97 Å². The highest BCUT2D eigenvalue weighted by molar-refractivity contribution is 7.14. The van der Waals surface area contributed by atoms with Crippen LogP contribution in [-0.4, -0.2) is 21.7 Å². The lowest BCUT2D eigenvalue weighted by Crippen LogP contribution is -1.90. The molecule has 5 heteroatoms. The molecule has 0 atom stereocenters. The molecule has 0 amide bonds. The predicted octanol–water partition coefficient (Wildman–Crippen LogP) is 2.92. The highest BCUT2D eigenvalue weighted by Gasteiger charge is 2.10. The third-order valence-electron chi connectivity index (χ3n) is 2.15. The number of rotatable bonds is 4. The third kappa shape index (κ3) is 2.48. The first-order chi connectivity index (χ1) is 7.70. The van der Waals surface area contributed by atoms with Gasteiger partial charge < -0.3 is 5.11 Å². The van der Waals surface area contributed by atoms with Crippen LogP contribution in [0.25, 0.3) is 10.7 Å². The van der Waals surface area contributed by atoms with Crippen LogP contribution in [0.1, 0.15) is 30.5 Å². The smallest absolute Gasteiger partial charge is 0.142 e. The zero-order chi connectivity index (χ0) is 11.5. The second kappa shape index (κ2) is 5.03. The van der Waals surface area contributed by atoms with Gasteiger partial charge >= 0.3 is 0 Å². The summed E-state index contributed by atoms with van der Waals surface area (Å²) < 4.78 is 0. The van der Waals surface area contributed by atoms with Crippen molar-refractivity contribution < 1.29 is 5.11 Å². The van der Waals surface area contributed by atoms with Gasteiger partial charge in [-0.2, -0.15) is 0 Å². The fraction of sp³-hybridized carbons (Fsp3) is 0.455. The van der Waals surface area contributed by atoms with Crippen LogP contribution in [0.4, 0.5) is 0 Å². The predicted molar refractivity (Wildman–Crippen MR) is 68.1 cm³/mol. The van der Waals surface area contributed by atoms with Crippen molar-refractivity contribution in [2.24, 2.45) is 0 Å². The lowest BCUT2D eigenvalue weighted by Gasteiger charge is -1.95. The standard InChI is InChI=1S/C11H14N2OS2/c1-7(2)10-13-9(6-16-10)11-12-8(3-4-14)5-15-11/h5-7,14H,3-4H2,1-2H3. The van der Waals surface area contributed by atoms with E-state index in [-0.39, 0.29) is 6.61 Å². The Labute approximate surface area is 103 Å². The van der Waals surface area contributed by atoms with Gasteiger partial charge in [-0.15, -0.1) is 22.7 Å². The number of hydrogen-bond acceptors (Lipinski definition) is 5. The zero-order valence-electron chi connectivity index (χ0n) is 9.30. The molecule has 0 unspecified atom stereocenters. The van der Waals surface area contributed by atoms with Crippen LogP contribution < -0.4 is 0 Å². The van der Waals surface area contributed by atoms with Crippen molar-refractivity contribution in [3.8, 4) is 10.7 Å². The van der Waals surface area contributed by atoms with Crippen molar-refractivity contribution in [3.05, 3.63) is 21.5 Å². The van der Waals surface area contributed by atoms with E-state index in [0.29, 0.717) is 12.3 Å². The second-order valence-corrected chi connectivity index (χ2v) is 5.59. The van der Waals surface area contributed by atoms with Gasteiger partial charge in [0.1, 0.15) is 10.7 Å². The van der Waals surface area contributed by atoms with Crippen molar-refractivity contribution in [2.75, 3.05) is 6.61 Å². The average molecular weight is 254 g/mol. The molecule has 0 saturated heterocycles. The molecule has 86 valence electrons. The Bertz CT molecular complexity index is 462. The van der Waals surface area contributed by atoms with Gasteiger partial charge in [0.15, 0.2) is 0 Å². The molecule has 1 N–H and O–H groups in total. The summed E-state index contributed by atoms with van der Waals surface area (Å²) in [5.74, 6) is 0.468. The summed E-state index contributed by atoms with van der Waals surface area (Å²) in [4.78, 5) is 9.00. The summed E-state index contributed by atoms with van der Waals surface area (Å²) in [6, 6.07) is 0. The second-order valence-electron chi connectivity index (χ2n) is 3.84. The van der Waals surface area contributed by atoms with E-state index >= 15 is 0 Å². The SMILES string of the molecule is CC(C)c1nc(-c2nc(CCO)cs2)cs1. The largest absolute Gasteiger partial charge is 0.396 e. The van der Waals surface area contributed by atoms with Crippen LogP contribution in [0.5, 0.6) is 0 Å². The minimum atomic E-state index is 0.150. The number of nitrogens with zero attached hydrogens (tertiary/aromatic N) is 2. The Morgan fingerprint density at radius 1 is 1.25 bits per heavy atom. The molecule has 0 aliphatic carbocycles. The normalized spacial score (nSPS) is 11.2. The van der Waals surface area contributed by atoms with E-state index in [4.69, 9.17) is 5.11 Å². The summed E-state index contributed by atoms with van der Waals surface area (Å²) in [5.41, 5.74) is 1.91. The van der Waals surface area contributed by atoms with Gasteiger partial charge in [0.05, 0.1) is 10.7 Å². The van der Waals surface area contributed by atoms with E-state index in [2.05, 4.69) is 29.2 Å². The average Bonchev–Trinajstić information content (AvgIpc) is 2.84. The van der Waals surface area contributed by atoms with Crippen LogP contribution >= 0.6 is 22.7 Å². The van der Waals surface area contributed by atoms with E-state index in [1.807, 2.05) is 5.38 Å². The quantitative estimate of drug-likeness (QED) is 0.912. The van der Waals surface area contributed by atoms with E-state index in [1.54, 1.807) is 22.7 Å². The summed E-state index contributed by atoms with van der Waals surface area (Å²) >= 11 is 3.27. The molecule has 2 aromatic rings. The molecule has 0 radical (unpaired) electrons. The molecule has 0 saturated carbocycles. The van der Waals surface area contributed by atoms with Crippen molar-refractivity contribution in [3.63, 3.8) is 0 Å². The zero-order valence-corrected chi connectivity index (χ0v) is 10.9. The summed E-state index contributed by atoms with van der Waals surface area (Å²) in [6.07, 6.45) is 0.623. The first-order valence-corrected chi connectivity index (χ1v) is 6.97. The fourth-order valence-corrected chi connectivity index (χ4v) is 3.01. The topological polar surface area (TPSA) is 46.0 Å². The maximum Gasteiger partial charge on any atom is 0.142 e. The number of aromatic nitrogens is 2. The number of aliphatic hydroxyl groups is 1. The molecule has 2 rings (SSSR count). The molecule has 0 aromatic carbocycles. The van der Waals surface area contributed by atoms with Gasteiger partial charge in [-0.1, -0.05) is 13.8 Å². The maximum atomic E-state index is 8.83. The van der Waals surface area contributed by atoms with Gasteiger partial charge in [-0.05, 0) is 0 Å². The molecule has 0 bridgehead atoms. The lowest BCUT2D eigenvalue weighted by atomic mass is 10.2. The Kier molecular flexibility index (Phi) is 3.68. The molecule has 3 nitrogen and oxygen atoms in total. The molecule has 0 spiro atoms. The Hall–Kier alpha value is -0.780. The van der Waals surface area contributed by atoms with Gasteiger partial charge in [-0.3, -0.25) is 0 Å². The molecule has 2 heterocycles. The van der Waals surface area contributed by atoms with Crippen molar-refractivity contribution in [1.29, 1.82) is 0 Å². The number of thiazole rings is 2. The minimum Gasteiger partial charge on any atom is -0.396 e. The molecule has 16 heavy (non-hydrogen) atoms. The first kappa shape index (κ1) is 11.7. The molecule has 0 aliphatic rings.